The van der Waals surface area contributed by atoms with Gasteiger partial charge in [-0.25, -0.2) is 22.7 Å². The van der Waals surface area contributed by atoms with Gasteiger partial charge in [-0.15, -0.1) is 0 Å². The first-order valence-corrected chi connectivity index (χ1v) is 25.0. The van der Waals surface area contributed by atoms with Gasteiger partial charge in [0.2, 0.25) is 10.0 Å². The molecule has 7 heterocycles. The second kappa shape index (κ2) is 17.3. The van der Waals surface area contributed by atoms with Gasteiger partial charge in [-0.2, -0.15) is 5.26 Å². The minimum Gasteiger partial charge on any atom is -0.349 e. The number of pyridine rings is 2. The number of nitriles is 1. The van der Waals surface area contributed by atoms with Crippen molar-refractivity contribution < 1.29 is 18.0 Å². The molecule has 16 nitrogen and oxygen atoms in total. The molecule has 3 aliphatic carbocycles. The van der Waals surface area contributed by atoms with Crippen LogP contribution in [0.2, 0.25) is 0 Å². The van der Waals surface area contributed by atoms with Crippen molar-refractivity contribution in [3.63, 3.8) is 0 Å². The fourth-order valence-electron chi connectivity index (χ4n) is 11.7. The lowest BCUT2D eigenvalue weighted by Crippen LogP contribution is -2.53. The first-order valence-electron chi connectivity index (χ1n) is 23.4. The molecule has 0 radical (unpaired) electrons. The van der Waals surface area contributed by atoms with E-state index in [2.05, 4.69) is 45.6 Å². The minimum atomic E-state index is -3.56. The lowest BCUT2D eigenvalue weighted by molar-refractivity contribution is 0.0705. The summed E-state index contributed by atoms with van der Waals surface area (Å²) in [5.41, 5.74) is 4.75. The van der Waals surface area contributed by atoms with Gasteiger partial charge in [0.15, 0.2) is 0 Å². The fraction of sp³-hybridized carbons (Fsp3) is 0.630. The van der Waals surface area contributed by atoms with Crippen LogP contribution in [0.5, 0.6) is 0 Å². The average molecular weight is 879 g/mol. The van der Waals surface area contributed by atoms with Crippen LogP contribution in [0.25, 0.3) is 22.1 Å². The van der Waals surface area contributed by atoms with Crippen LogP contribution in [0.15, 0.2) is 36.9 Å². The smallest absolute Gasteiger partial charge is 0.259 e. The first-order chi connectivity index (χ1) is 30.6. The molecule has 336 valence electrons. The lowest BCUT2D eigenvalue weighted by atomic mass is 9.84. The van der Waals surface area contributed by atoms with Crippen LogP contribution in [-0.4, -0.2) is 161 Å². The van der Waals surface area contributed by atoms with Gasteiger partial charge in [0, 0.05) is 120 Å². The Hall–Kier alpha value is -4.76. The molecule has 0 spiro atoms. The Morgan fingerprint density at radius 1 is 0.778 bits per heavy atom. The second-order valence-corrected chi connectivity index (χ2v) is 21.3. The molecular formula is C46H62N12O4S. The first kappa shape index (κ1) is 42.2. The van der Waals surface area contributed by atoms with E-state index in [-0.39, 0.29) is 47.5 Å². The van der Waals surface area contributed by atoms with Crippen LogP contribution < -0.4 is 9.80 Å². The Morgan fingerprint density at radius 3 is 1.95 bits per heavy atom. The number of aromatic amines is 2. The van der Waals surface area contributed by atoms with E-state index in [1.165, 1.54) is 0 Å². The molecule has 3 aliphatic heterocycles. The van der Waals surface area contributed by atoms with Crippen LogP contribution in [0, 0.1) is 29.1 Å². The number of nitrogens with one attached hydrogen (secondary N) is 2. The number of H-pyrrole nitrogens is 2. The quantitative estimate of drug-likeness (QED) is 0.187. The Kier molecular flexibility index (Phi) is 11.6. The average Bonchev–Trinajstić information content (AvgIpc) is 3.61. The molecule has 10 rings (SSSR count). The van der Waals surface area contributed by atoms with E-state index in [1.54, 1.807) is 23.7 Å². The Labute approximate surface area is 370 Å². The molecule has 6 aliphatic rings. The summed E-state index contributed by atoms with van der Waals surface area (Å²) in [6.07, 6.45) is 16.5. The van der Waals surface area contributed by atoms with Crippen LogP contribution in [0.3, 0.4) is 0 Å². The van der Waals surface area contributed by atoms with Crippen molar-refractivity contribution in [2.24, 2.45) is 17.8 Å². The van der Waals surface area contributed by atoms with Gasteiger partial charge in [0.05, 0.1) is 47.7 Å². The van der Waals surface area contributed by atoms with Crippen LogP contribution in [0.4, 0.5) is 11.4 Å². The maximum absolute atomic E-state index is 14.3. The van der Waals surface area contributed by atoms with Crippen molar-refractivity contribution in [1.29, 1.82) is 5.26 Å². The number of rotatable bonds is 13. The van der Waals surface area contributed by atoms with Gasteiger partial charge >= 0.3 is 0 Å². The monoisotopic (exact) mass is 878 g/mol. The molecule has 0 bridgehead atoms. The summed E-state index contributed by atoms with van der Waals surface area (Å²) in [7, 11) is -1.83. The Morgan fingerprint density at radius 2 is 1.35 bits per heavy atom. The van der Waals surface area contributed by atoms with E-state index >= 15 is 0 Å². The molecule has 3 saturated carbocycles. The van der Waals surface area contributed by atoms with E-state index in [9.17, 15) is 18.0 Å². The van der Waals surface area contributed by atoms with Gasteiger partial charge < -0.3 is 34.5 Å². The predicted octanol–water partition coefficient (Wildman–Crippen LogP) is 4.90. The van der Waals surface area contributed by atoms with Crippen molar-refractivity contribution in [1.82, 2.24) is 43.8 Å². The highest BCUT2D eigenvalue weighted by atomic mass is 32.2. The molecular weight excluding hydrogens is 817 g/mol. The molecule has 1 saturated heterocycles. The lowest BCUT2D eigenvalue weighted by Gasteiger charge is -2.45. The predicted molar refractivity (Wildman–Crippen MR) is 243 cm³/mol. The molecule has 0 aromatic carbocycles. The zero-order valence-electron chi connectivity index (χ0n) is 36.8. The molecule has 4 aromatic heterocycles. The summed E-state index contributed by atoms with van der Waals surface area (Å²) >= 11 is 0. The number of anilines is 2. The molecule has 4 fully saturated rings. The van der Waals surface area contributed by atoms with Gasteiger partial charge in [0.1, 0.15) is 11.3 Å². The summed E-state index contributed by atoms with van der Waals surface area (Å²) in [6.45, 7) is 10.3. The van der Waals surface area contributed by atoms with Gasteiger partial charge in [-0.1, -0.05) is 0 Å². The van der Waals surface area contributed by atoms with Crippen molar-refractivity contribution in [2.45, 2.75) is 89.3 Å². The van der Waals surface area contributed by atoms with E-state index in [0.29, 0.717) is 56.3 Å². The third-order valence-electron chi connectivity index (χ3n) is 15.4. The van der Waals surface area contributed by atoms with Crippen molar-refractivity contribution in [2.75, 3.05) is 88.3 Å². The van der Waals surface area contributed by atoms with E-state index < -0.39 is 10.0 Å². The SMILES string of the molecule is CCN1CN(C2CCC(CN(C)S(=O)(=O)CC3CC3N3CN(C4CCC(CN5CCN(CCC#N)CC5)CC4)c4c(cnc5[nH]ccc45)C3=O)CC2)c2c(cnc3[nH]ccc23)C1=O. The van der Waals surface area contributed by atoms with Crippen molar-refractivity contribution in [3.8, 4) is 6.07 Å². The normalized spacial score (nSPS) is 27.3. The molecule has 2 atom stereocenters. The topological polar surface area (TPSA) is 172 Å². The van der Waals surface area contributed by atoms with E-state index in [0.717, 1.165) is 124 Å². The number of carbonyl (C=O) groups excluding carboxylic acids is 2. The van der Waals surface area contributed by atoms with Crippen LogP contribution in [0.1, 0.15) is 91.8 Å². The number of amides is 2. The maximum atomic E-state index is 14.3. The number of carbonyl (C=O) groups is 2. The summed E-state index contributed by atoms with van der Waals surface area (Å²) in [5, 5.41) is 10.9. The number of hydrogen-bond acceptors (Lipinski definition) is 11. The third-order valence-corrected chi connectivity index (χ3v) is 17.4. The van der Waals surface area contributed by atoms with Gasteiger partial charge in [-0.3, -0.25) is 14.5 Å². The molecule has 63 heavy (non-hydrogen) atoms. The molecule has 2 N–H and O–H groups in total. The van der Waals surface area contributed by atoms with Crippen LogP contribution in [-0.2, 0) is 10.0 Å². The van der Waals surface area contributed by atoms with Gasteiger partial charge in [-0.05, 0) is 94.6 Å². The number of hydrogen-bond donors (Lipinski definition) is 2. The molecule has 2 unspecified atom stereocenters. The maximum Gasteiger partial charge on any atom is 0.259 e. The Bertz CT molecular complexity index is 2480. The Balaban J connectivity index is 0.756. The number of fused-ring (bicyclic) bond motifs is 6. The van der Waals surface area contributed by atoms with Crippen LogP contribution >= 0.6 is 0 Å². The zero-order valence-corrected chi connectivity index (χ0v) is 37.6. The number of piperazine rings is 1. The molecule has 17 heteroatoms. The number of nitrogens with zero attached hydrogens (tertiary/aromatic N) is 10. The number of aromatic nitrogens is 4. The molecule has 4 aromatic rings. The van der Waals surface area contributed by atoms with E-state index in [1.807, 2.05) is 41.2 Å². The summed E-state index contributed by atoms with van der Waals surface area (Å²) in [5.74, 6) is 0.793. The third kappa shape index (κ3) is 8.17. The van der Waals surface area contributed by atoms with Crippen molar-refractivity contribution >= 4 is 55.3 Å². The highest BCUT2D eigenvalue weighted by molar-refractivity contribution is 7.89. The van der Waals surface area contributed by atoms with Gasteiger partial charge in [0.25, 0.3) is 11.8 Å². The zero-order chi connectivity index (χ0) is 43.4. The fourth-order valence-corrected chi connectivity index (χ4v) is 13.3. The minimum absolute atomic E-state index is 0.0175. The molecule has 2 amide bonds. The van der Waals surface area contributed by atoms with E-state index in [4.69, 9.17) is 5.26 Å². The largest absolute Gasteiger partial charge is 0.349 e. The van der Waals surface area contributed by atoms with Crippen molar-refractivity contribution in [3.05, 3.63) is 48.0 Å². The second-order valence-electron chi connectivity index (χ2n) is 19.2. The summed E-state index contributed by atoms with van der Waals surface area (Å²) in [6, 6.07) is 6.71. The highest BCUT2D eigenvalue weighted by Crippen LogP contribution is 2.45. The summed E-state index contributed by atoms with van der Waals surface area (Å²) < 4.78 is 29.6. The number of sulfonamides is 1. The highest BCUT2D eigenvalue weighted by Gasteiger charge is 2.50. The summed E-state index contributed by atoms with van der Waals surface area (Å²) in [4.78, 5) is 56.9. The standard InChI is InChI=1S/C46H62N12O4S/c1-3-55-29-56(41-36-13-16-48-43(36)50-24-38(41)45(55)59)34-9-5-31(6-10-34)26-52(2)63(61,62)28-33-23-40(33)58-30-57(42-37-14-17-49-44(37)51-25-39(42)46(58)60)35-11-7-32(8-12-35)27-54-21-19-53(20-22-54)18-4-15-47/h13-14,16-17,24-25,31-35,40H,3-12,18-23,26-30H2,1-2H3,(H,48,50)(H,49,51).